The summed E-state index contributed by atoms with van der Waals surface area (Å²) in [4.78, 5) is 22.7. The van der Waals surface area contributed by atoms with Crippen LogP contribution < -0.4 is 9.47 Å². The van der Waals surface area contributed by atoms with Crippen LogP contribution in [0, 0.1) is 5.41 Å². The lowest BCUT2D eigenvalue weighted by Crippen LogP contribution is -2.46. The molecule has 1 aromatic carbocycles. The largest absolute Gasteiger partial charge is 0.454 e. The maximum absolute atomic E-state index is 12.4. The van der Waals surface area contributed by atoms with Crippen LogP contribution in [0.15, 0.2) is 36.8 Å². The van der Waals surface area contributed by atoms with Crippen molar-refractivity contribution in [2.24, 2.45) is 5.41 Å². The summed E-state index contributed by atoms with van der Waals surface area (Å²) in [6.45, 7) is 4.01. The van der Waals surface area contributed by atoms with Crippen LogP contribution in [0.25, 0.3) is 0 Å². The van der Waals surface area contributed by atoms with Crippen molar-refractivity contribution in [2.75, 3.05) is 19.9 Å². The third-order valence-electron chi connectivity index (χ3n) is 5.19. The molecule has 2 aliphatic heterocycles. The van der Waals surface area contributed by atoms with Crippen molar-refractivity contribution in [3.8, 4) is 11.5 Å². The Labute approximate surface area is 153 Å². The minimum absolute atomic E-state index is 0.0595. The van der Waals surface area contributed by atoms with E-state index >= 15 is 0 Å². The fourth-order valence-corrected chi connectivity index (χ4v) is 3.80. The summed E-state index contributed by atoms with van der Waals surface area (Å²) in [5, 5.41) is 0. The summed E-state index contributed by atoms with van der Waals surface area (Å²) in [6, 6.07) is 6.13. The van der Waals surface area contributed by atoms with Gasteiger partial charge in [0.25, 0.3) is 0 Å². The van der Waals surface area contributed by atoms with E-state index in [1.54, 1.807) is 18.6 Å². The molecule has 0 N–H and O–H groups in total. The molecule has 6 heteroatoms. The Morgan fingerprint density at radius 2 is 2.12 bits per heavy atom. The number of rotatable bonds is 5. The molecular weight excluding hydrogens is 330 g/mol. The van der Waals surface area contributed by atoms with Crippen molar-refractivity contribution in [1.82, 2.24) is 14.9 Å². The standard InChI is InChI=1S/C20H23N3O3/c1-20(11-15-2-3-17-18(10-15)26-14-25-17)6-4-19(24)23(13-20)9-5-16-12-21-7-8-22-16/h2-3,7-8,10,12H,4-6,9,11,13-14H2,1H3/t20-/m1/s1. The van der Waals surface area contributed by atoms with Crippen molar-refractivity contribution in [1.29, 1.82) is 0 Å². The number of carbonyl (C=O) groups is 1. The molecule has 3 heterocycles. The Morgan fingerprint density at radius 1 is 1.23 bits per heavy atom. The zero-order valence-corrected chi connectivity index (χ0v) is 15.0. The summed E-state index contributed by atoms with van der Waals surface area (Å²) in [5.74, 6) is 1.86. The number of aromatic nitrogens is 2. The first-order valence-electron chi connectivity index (χ1n) is 9.03. The number of benzene rings is 1. The van der Waals surface area contributed by atoms with Crippen LogP contribution in [0.4, 0.5) is 0 Å². The summed E-state index contributed by atoms with van der Waals surface area (Å²) in [7, 11) is 0. The van der Waals surface area contributed by atoms with Gasteiger partial charge in [0.05, 0.1) is 5.69 Å². The van der Waals surface area contributed by atoms with Gasteiger partial charge in [0.1, 0.15) is 0 Å². The predicted octanol–water partition coefficient (Wildman–Crippen LogP) is 2.62. The van der Waals surface area contributed by atoms with E-state index in [1.807, 2.05) is 11.0 Å². The second-order valence-electron chi connectivity index (χ2n) is 7.44. The Morgan fingerprint density at radius 3 is 2.96 bits per heavy atom. The molecule has 0 radical (unpaired) electrons. The van der Waals surface area contributed by atoms with Gasteiger partial charge in [0.15, 0.2) is 11.5 Å². The number of hydrogen-bond acceptors (Lipinski definition) is 5. The summed E-state index contributed by atoms with van der Waals surface area (Å²) < 4.78 is 10.9. The molecule has 1 atom stereocenters. The van der Waals surface area contributed by atoms with Crippen LogP contribution in [-0.2, 0) is 17.6 Å². The van der Waals surface area contributed by atoms with Gasteiger partial charge < -0.3 is 14.4 Å². The van der Waals surface area contributed by atoms with Gasteiger partial charge in [-0.15, -0.1) is 0 Å². The van der Waals surface area contributed by atoms with Crippen LogP contribution in [-0.4, -0.2) is 40.7 Å². The van der Waals surface area contributed by atoms with Gasteiger partial charge in [-0.3, -0.25) is 14.8 Å². The molecular formula is C20H23N3O3. The smallest absolute Gasteiger partial charge is 0.231 e. The van der Waals surface area contributed by atoms with E-state index in [9.17, 15) is 4.79 Å². The molecule has 26 heavy (non-hydrogen) atoms. The topological polar surface area (TPSA) is 64.6 Å². The first-order chi connectivity index (χ1) is 12.6. The van der Waals surface area contributed by atoms with E-state index in [0.717, 1.165) is 43.0 Å². The molecule has 2 aromatic rings. The van der Waals surface area contributed by atoms with Crippen molar-refractivity contribution in [2.45, 2.75) is 32.6 Å². The summed E-state index contributed by atoms with van der Waals surface area (Å²) in [6.07, 6.45) is 8.27. The number of piperidine rings is 1. The highest BCUT2D eigenvalue weighted by Gasteiger charge is 2.35. The Balaban J connectivity index is 1.42. The van der Waals surface area contributed by atoms with Gasteiger partial charge in [-0.2, -0.15) is 0 Å². The first-order valence-corrected chi connectivity index (χ1v) is 9.03. The predicted molar refractivity (Wildman–Crippen MR) is 95.9 cm³/mol. The second kappa shape index (κ2) is 6.94. The van der Waals surface area contributed by atoms with Gasteiger partial charge >= 0.3 is 0 Å². The van der Waals surface area contributed by atoms with Crippen LogP contribution in [0.3, 0.4) is 0 Å². The van der Waals surface area contributed by atoms with E-state index in [2.05, 4.69) is 29.0 Å². The molecule has 1 amide bonds. The number of carbonyl (C=O) groups excluding carboxylic acids is 1. The quantitative estimate of drug-likeness (QED) is 0.827. The molecule has 6 nitrogen and oxygen atoms in total. The summed E-state index contributed by atoms with van der Waals surface area (Å²) in [5.41, 5.74) is 2.20. The minimum atomic E-state index is 0.0595. The van der Waals surface area contributed by atoms with Crippen LogP contribution in [0.2, 0.25) is 0 Å². The lowest BCUT2D eigenvalue weighted by Gasteiger charge is -2.40. The first kappa shape index (κ1) is 16.8. The van der Waals surface area contributed by atoms with E-state index in [-0.39, 0.29) is 11.3 Å². The third-order valence-corrected chi connectivity index (χ3v) is 5.19. The van der Waals surface area contributed by atoms with Crippen molar-refractivity contribution >= 4 is 5.91 Å². The van der Waals surface area contributed by atoms with Crippen LogP contribution in [0.1, 0.15) is 31.0 Å². The fourth-order valence-electron chi connectivity index (χ4n) is 3.80. The average molecular weight is 353 g/mol. The maximum atomic E-state index is 12.4. The Hall–Kier alpha value is -2.63. The molecule has 0 spiro atoms. The molecule has 2 aliphatic rings. The number of likely N-dealkylation sites (tertiary alicyclic amines) is 1. The van der Waals surface area contributed by atoms with Gasteiger partial charge in [-0.05, 0) is 36.0 Å². The second-order valence-corrected chi connectivity index (χ2v) is 7.44. The zero-order valence-electron chi connectivity index (χ0n) is 15.0. The number of fused-ring (bicyclic) bond motifs is 1. The molecule has 0 bridgehead atoms. The number of ether oxygens (including phenoxy) is 2. The monoisotopic (exact) mass is 353 g/mol. The highest BCUT2D eigenvalue weighted by atomic mass is 16.7. The lowest BCUT2D eigenvalue weighted by atomic mass is 9.76. The van der Waals surface area contributed by atoms with Gasteiger partial charge in [0, 0.05) is 44.5 Å². The fraction of sp³-hybridized carbons (Fsp3) is 0.450. The molecule has 136 valence electrons. The molecule has 1 saturated heterocycles. The van der Waals surface area contributed by atoms with Crippen molar-refractivity contribution in [3.05, 3.63) is 48.0 Å². The number of amides is 1. The van der Waals surface area contributed by atoms with Crippen molar-refractivity contribution < 1.29 is 14.3 Å². The highest BCUT2D eigenvalue weighted by Crippen LogP contribution is 2.37. The molecule has 0 aliphatic carbocycles. The van der Waals surface area contributed by atoms with E-state index in [1.165, 1.54) is 5.56 Å². The molecule has 1 aromatic heterocycles. The Kier molecular flexibility index (Phi) is 4.49. The Bertz CT molecular complexity index is 796. The maximum Gasteiger partial charge on any atom is 0.231 e. The highest BCUT2D eigenvalue weighted by molar-refractivity contribution is 5.77. The third kappa shape index (κ3) is 3.64. The number of hydrogen-bond donors (Lipinski definition) is 0. The lowest BCUT2D eigenvalue weighted by molar-refractivity contribution is -0.137. The van der Waals surface area contributed by atoms with Crippen LogP contribution >= 0.6 is 0 Å². The number of nitrogens with zero attached hydrogens (tertiary/aromatic N) is 3. The average Bonchev–Trinajstić information content (AvgIpc) is 3.11. The molecule has 4 rings (SSSR count). The molecule has 0 saturated carbocycles. The normalized spacial score (nSPS) is 21.9. The van der Waals surface area contributed by atoms with Gasteiger partial charge in [-0.1, -0.05) is 13.0 Å². The SMILES string of the molecule is C[C@]1(Cc2ccc3c(c2)OCO3)CCC(=O)N(CCc2cnccn2)C1. The van der Waals surface area contributed by atoms with E-state index < -0.39 is 0 Å². The zero-order chi connectivity index (χ0) is 18.0. The van der Waals surface area contributed by atoms with E-state index in [0.29, 0.717) is 19.8 Å². The summed E-state index contributed by atoms with van der Waals surface area (Å²) >= 11 is 0. The molecule has 0 unspecified atom stereocenters. The van der Waals surface area contributed by atoms with E-state index in [4.69, 9.17) is 9.47 Å². The van der Waals surface area contributed by atoms with Gasteiger partial charge in [0.2, 0.25) is 12.7 Å². The van der Waals surface area contributed by atoms with Gasteiger partial charge in [-0.25, -0.2) is 0 Å². The van der Waals surface area contributed by atoms with Crippen LogP contribution in [0.5, 0.6) is 11.5 Å². The van der Waals surface area contributed by atoms with Crippen molar-refractivity contribution in [3.63, 3.8) is 0 Å². The molecule has 1 fully saturated rings. The minimum Gasteiger partial charge on any atom is -0.454 e.